The quantitative estimate of drug-likeness (QED) is 0.697. The molecule has 0 radical (unpaired) electrons. The number of carbonyl (C=O) groups is 3. The van der Waals surface area contributed by atoms with Crippen molar-refractivity contribution >= 4 is 17.9 Å². The molecule has 0 heterocycles. The van der Waals surface area contributed by atoms with E-state index in [0.29, 0.717) is 11.5 Å². The minimum absolute atomic E-state index is 0.0843. The number of esters is 1. The summed E-state index contributed by atoms with van der Waals surface area (Å²) in [7, 11) is 0. The lowest BCUT2D eigenvalue weighted by Crippen LogP contribution is -2.48. The first-order valence-corrected chi connectivity index (χ1v) is 10.2. The molecule has 3 rings (SSSR count). The Morgan fingerprint density at radius 3 is 2.20 bits per heavy atom. The average Bonchev–Trinajstić information content (AvgIpc) is 2.75. The van der Waals surface area contributed by atoms with Gasteiger partial charge in [0.05, 0.1) is 5.56 Å². The van der Waals surface area contributed by atoms with E-state index in [0.717, 1.165) is 25.7 Å². The zero-order valence-corrected chi connectivity index (χ0v) is 16.9. The lowest BCUT2D eigenvalue weighted by molar-refractivity contribution is -0.127. The summed E-state index contributed by atoms with van der Waals surface area (Å²) in [4.78, 5) is 36.4. The lowest BCUT2D eigenvalue weighted by atomic mass is 9.96. The molecule has 158 valence electrons. The molecular weight excluding hydrogens is 384 g/mol. The molecule has 2 aromatic rings. The van der Waals surface area contributed by atoms with E-state index in [2.05, 4.69) is 10.6 Å². The molecule has 7 nitrogen and oxygen atoms in total. The third-order valence-corrected chi connectivity index (χ3v) is 4.90. The van der Waals surface area contributed by atoms with Crippen LogP contribution in [0.2, 0.25) is 0 Å². The van der Waals surface area contributed by atoms with E-state index in [4.69, 9.17) is 9.47 Å². The SMILES string of the molecule is C[C@@H](OC(=O)c1ccc(Oc2ccccc2)cc1)C(=O)NC(=O)NC1CCCCC1. The fourth-order valence-corrected chi connectivity index (χ4v) is 3.25. The second kappa shape index (κ2) is 10.4. The molecule has 1 atom stereocenters. The highest BCUT2D eigenvalue weighted by atomic mass is 16.5. The van der Waals surface area contributed by atoms with Crippen molar-refractivity contribution in [1.82, 2.24) is 10.6 Å². The van der Waals surface area contributed by atoms with Gasteiger partial charge in [0, 0.05) is 6.04 Å². The molecule has 0 unspecified atom stereocenters. The maximum absolute atomic E-state index is 12.3. The maximum atomic E-state index is 12.3. The summed E-state index contributed by atoms with van der Waals surface area (Å²) in [6, 6.07) is 15.2. The Labute approximate surface area is 175 Å². The molecule has 1 aliphatic carbocycles. The number of benzene rings is 2. The molecule has 1 aliphatic rings. The van der Waals surface area contributed by atoms with E-state index in [1.54, 1.807) is 24.3 Å². The van der Waals surface area contributed by atoms with Gasteiger partial charge < -0.3 is 14.8 Å². The molecule has 0 saturated heterocycles. The van der Waals surface area contributed by atoms with Gasteiger partial charge >= 0.3 is 12.0 Å². The number of nitrogens with one attached hydrogen (secondary N) is 2. The first-order valence-electron chi connectivity index (χ1n) is 10.2. The fraction of sp³-hybridized carbons (Fsp3) is 0.348. The number of imide groups is 1. The topological polar surface area (TPSA) is 93.7 Å². The third kappa shape index (κ3) is 6.34. The zero-order valence-electron chi connectivity index (χ0n) is 16.9. The highest BCUT2D eigenvalue weighted by molar-refractivity contribution is 5.98. The molecule has 0 aliphatic heterocycles. The Bertz CT molecular complexity index is 861. The van der Waals surface area contributed by atoms with E-state index in [1.807, 2.05) is 30.3 Å². The predicted molar refractivity (Wildman–Crippen MR) is 111 cm³/mol. The van der Waals surface area contributed by atoms with Crippen molar-refractivity contribution in [3.05, 3.63) is 60.2 Å². The van der Waals surface area contributed by atoms with Crippen molar-refractivity contribution < 1.29 is 23.9 Å². The summed E-state index contributed by atoms with van der Waals surface area (Å²) in [5, 5.41) is 5.02. The third-order valence-electron chi connectivity index (χ3n) is 4.90. The van der Waals surface area contributed by atoms with Crippen LogP contribution in [0, 0.1) is 0 Å². The van der Waals surface area contributed by atoms with Gasteiger partial charge in [-0.3, -0.25) is 10.1 Å². The molecule has 30 heavy (non-hydrogen) atoms. The van der Waals surface area contributed by atoms with Crippen LogP contribution in [-0.2, 0) is 9.53 Å². The van der Waals surface area contributed by atoms with Crippen LogP contribution in [0.1, 0.15) is 49.4 Å². The van der Waals surface area contributed by atoms with Crippen molar-refractivity contribution in [2.75, 3.05) is 0 Å². The van der Waals surface area contributed by atoms with Crippen molar-refractivity contribution in [3.63, 3.8) is 0 Å². The average molecular weight is 410 g/mol. The summed E-state index contributed by atoms with van der Waals surface area (Å²) in [6.07, 6.45) is 4.04. The van der Waals surface area contributed by atoms with E-state index >= 15 is 0 Å². The zero-order chi connectivity index (χ0) is 21.3. The molecular formula is C23H26N2O5. The number of amides is 3. The predicted octanol–water partition coefficient (Wildman–Crippen LogP) is 4.18. The van der Waals surface area contributed by atoms with Gasteiger partial charge in [-0.25, -0.2) is 9.59 Å². The van der Waals surface area contributed by atoms with Gasteiger partial charge in [-0.1, -0.05) is 37.5 Å². The molecule has 2 aromatic carbocycles. The molecule has 0 bridgehead atoms. The highest BCUT2D eigenvalue weighted by Gasteiger charge is 2.22. The number of ether oxygens (including phenoxy) is 2. The van der Waals surface area contributed by atoms with Gasteiger partial charge in [0.2, 0.25) is 0 Å². The Morgan fingerprint density at radius 2 is 1.53 bits per heavy atom. The lowest BCUT2D eigenvalue weighted by Gasteiger charge is -2.23. The Balaban J connectivity index is 1.47. The standard InChI is InChI=1S/C23H26N2O5/c1-16(21(26)25-23(28)24-18-8-4-2-5-9-18)29-22(27)17-12-14-20(15-13-17)30-19-10-6-3-7-11-19/h3,6-7,10-16,18H,2,4-5,8-9H2,1H3,(H2,24,25,26,28)/t16-/m1/s1. The van der Waals surface area contributed by atoms with E-state index in [1.165, 1.54) is 13.3 Å². The Morgan fingerprint density at radius 1 is 0.900 bits per heavy atom. The Kier molecular flexibility index (Phi) is 7.43. The number of hydrogen-bond acceptors (Lipinski definition) is 5. The molecule has 1 saturated carbocycles. The second-order valence-electron chi connectivity index (χ2n) is 7.28. The first-order chi connectivity index (χ1) is 14.5. The summed E-state index contributed by atoms with van der Waals surface area (Å²) in [5.41, 5.74) is 0.279. The second-order valence-corrected chi connectivity index (χ2v) is 7.28. The molecule has 1 fully saturated rings. The molecule has 7 heteroatoms. The monoisotopic (exact) mass is 410 g/mol. The van der Waals surface area contributed by atoms with Gasteiger partial charge in [-0.2, -0.15) is 0 Å². The summed E-state index contributed by atoms with van der Waals surface area (Å²) < 4.78 is 10.9. The van der Waals surface area contributed by atoms with Gasteiger partial charge in [0.1, 0.15) is 11.5 Å². The number of hydrogen-bond donors (Lipinski definition) is 2. The van der Waals surface area contributed by atoms with Crippen LogP contribution in [-0.4, -0.2) is 30.1 Å². The first kappa shape index (κ1) is 21.4. The number of carbonyl (C=O) groups excluding carboxylic acids is 3. The normalized spacial score (nSPS) is 15.0. The molecule has 2 N–H and O–H groups in total. The van der Waals surface area contributed by atoms with Crippen LogP contribution in [0.4, 0.5) is 4.79 Å². The highest BCUT2D eigenvalue weighted by Crippen LogP contribution is 2.21. The summed E-state index contributed by atoms with van der Waals surface area (Å²) >= 11 is 0. The Hall–Kier alpha value is -3.35. The number of urea groups is 1. The van der Waals surface area contributed by atoms with E-state index in [-0.39, 0.29) is 11.6 Å². The van der Waals surface area contributed by atoms with E-state index < -0.39 is 24.0 Å². The molecule has 0 aromatic heterocycles. The van der Waals surface area contributed by atoms with Crippen LogP contribution < -0.4 is 15.4 Å². The summed E-state index contributed by atoms with van der Waals surface area (Å²) in [6.45, 7) is 1.42. The van der Waals surface area contributed by atoms with Crippen molar-refractivity contribution in [2.24, 2.45) is 0 Å². The van der Waals surface area contributed by atoms with Crippen molar-refractivity contribution in [3.8, 4) is 11.5 Å². The van der Waals surface area contributed by atoms with Gasteiger partial charge in [0.25, 0.3) is 5.91 Å². The minimum atomic E-state index is -1.10. The largest absolute Gasteiger partial charge is 0.457 e. The van der Waals surface area contributed by atoms with Gasteiger partial charge in [0.15, 0.2) is 6.10 Å². The van der Waals surface area contributed by atoms with Gasteiger partial charge in [-0.15, -0.1) is 0 Å². The smallest absolute Gasteiger partial charge is 0.338 e. The van der Waals surface area contributed by atoms with Crippen molar-refractivity contribution in [2.45, 2.75) is 51.2 Å². The minimum Gasteiger partial charge on any atom is -0.457 e. The number of para-hydroxylation sites is 1. The van der Waals surface area contributed by atoms with Crippen molar-refractivity contribution in [1.29, 1.82) is 0 Å². The van der Waals surface area contributed by atoms with Crippen LogP contribution in [0.3, 0.4) is 0 Å². The van der Waals surface area contributed by atoms with Crippen LogP contribution in [0.15, 0.2) is 54.6 Å². The van der Waals surface area contributed by atoms with Crippen LogP contribution in [0.5, 0.6) is 11.5 Å². The van der Waals surface area contributed by atoms with Crippen LogP contribution in [0.25, 0.3) is 0 Å². The summed E-state index contributed by atoms with van der Waals surface area (Å²) in [5.74, 6) is -0.0650. The van der Waals surface area contributed by atoms with Crippen LogP contribution >= 0.6 is 0 Å². The van der Waals surface area contributed by atoms with E-state index in [9.17, 15) is 14.4 Å². The number of rotatable bonds is 6. The molecule has 3 amide bonds. The maximum Gasteiger partial charge on any atom is 0.338 e. The molecule has 0 spiro atoms. The fourth-order valence-electron chi connectivity index (χ4n) is 3.25. The van der Waals surface area contributed by atoms with Gasteiger partial charge in [-0.05, 0) is 56.2 Å².